The van der Waals surface area contributed by atoms with Crippen LogP contribution in [0.4, 0.5) is 4.79 Å². The normalized spacial score (nSPS) is 11.5. The summed E-state index contributed by atoms with van der Waals surface area (Å²) >= 11 is 0. The number of nitrogens with two attached hydrogens (primary N) is 1. The van der Waals surface area contributed by atoms with Gasteiger partial charge in [0.25, 0.3) is 0 Å². The number of nitrogens with zero attached hydrogens (tertiary/aromatic N) is 1. The first kappa shape index (κ1) is 13.4. The van der Waals surface area contributed by atoms with Gasteiger partial charge in [-0.2, -0.15) is 5.10 Å². The Balaban J connectivity index is 3.76. The average Bonchev–Trinajstić information content (AvgIpc) is 2.13. The minimum Gasteiger partial charge on any atom is -0.350 e. The zero-order chi connectivity index (χ0) is 11.7. The highest BCUT2D eigenvalue weighted by Crippen LogP contribution is 1.96. The van der Waals surface area contributed by atoms with Crippen LogP contribution in [0.25, 0.3) is 0 Å². The molecule has 4 nitrogen and oxygen atoms in total. The fourth-order valence-corrected chi connectivity index (χ4v) is 0.855. The number of carbonyl (C=O) groups excluding carboxylic acids is 1. The Morgan fingerprint density at radius 1 is 1.40 bits per heavy atom. The van der Waals surface area contributed by atoms with E-state index < -0.39 is 6.03 Å². The number of hydrogen-bond acceptors (Lipinski definition) is 2. The largest absolute Gasteiger partial charge is 0.350 e. The van der Waals surface area contributed by atoms with Crippen LogP contribution >= 0.6 is 0 Å². The lowest BCUT2D eigenvalue weighted by atomic mass is 10.2. The standard InChI is InChI=1S/C11H19N3O/c1-9(2)7-5-4-6-8-10(3)13-14-11(12)15/h4-5,7H,6,8H2,1-3H3,(H3,12,14,15)/b5-4+,13-10+. The van der Waals surface area contributed by atoms with Crippen molar-refractivity contribution in [1.29, 1.82) is 0 Å². The van der Waals surface area contributed by atoms with E-state index in [9.17, 15) is 4.79 Å². The number of urea groups is 1. The predicted molar refractivity (Wildman–Crippen MR) is 63.6 cm³/mol. The first-order chi connectivity index (χ1) is 7.02. The lowest BCUT2D eigenvalue weighted by Crippen LogP contribution is -2.25. The number of primary amides is 1. The van der Waals surface area contributed by atoms with Crippen molar-refractivity contribution in [3.8, 4) is 0 Å². The van der Waals surface area contributed by atoms with E-state index in [1.165, 1.54) is 5.57 Å². The third-order valence-corrected chi connectivity index (χ3v) is 1.60. The van der Waals surface area contributed by atoms with Crippen LogP contribution in [0.2, 0.25) is 0 Å². The quantitative estimate of drug-likeness (QED) is 0.407. The maximum absolute atomic E-state index is 10.3. The van der Waals surface area contributed by atoms with E-state index >= 15 is 0 Å². The van der Waals surface area contributed by atoms with Crippen molar-refractivity contribution in [2.45, 2.75) is 33.6 Å². The summed E-state index contributed by atoms with van der Waals surface area (Å²) in [6.45, 7) is 5.95. The zero-order valence-corrected chi connectivity index (χ0v) is 9.58. The second-order valence-corrected chi connectivity index (χ2v) is 3.53. The van der Waals surface area contributed by atoms with Gasteiger partial charge in [-0.1, -0.05) is 23.8 Å². The Morgan fingerprint density at radius 3 is 2.60 bits per heavy atom. The summed E-state index contributed by atoms with van der Waals surface area (Å²) in [5, 5.41) is 3.80. The van der Waals surface area contributed by atoms with Crippen molar-refractivity contribution in [3.63, 3.8) is 0 Å². The monoisotopic (exact) mass is 209 g/mol. The van der Waals surface area contributed by atoms with Gasteiger partial charge in [0.05, 0.1) is 0 Å². The summed E-state index contributed by atoms with van der Waals surface area (Å²) in [6, 6.07) is -0.630. The van der Waals surface area contributed by atoms with Gasteiger partial charge in [-0.25, -0.2) is 10.2 Å². The van der Waals surface area contributed by atoms with Crippen LogP contribution in [0, 0.1) is 0 Å². The van der Waals surface area contributed by atoms with Gasteiger partial charge in [-0.05, 0) is 33.6 Å². The van der Waals surface area contributed by atoms with E-state index in [4.69, 9.17) is 5.73 Å². The molecule has 2 amide bonds. The van der Waals surface area contributed by atoms with Gasteiger partial charge in [0.2, 0.25) is 0 Å². The Kier molecular flexibility index (Phi) is 6.97. The molecule has 0 aliphatic heterocycles. The van der Waals surface area contributed by atoms with Crippen LogP contribution < -0.4 is 11.2 Å². The van der Waals surface area contributed by atoms with Crippen LogP contribution in [-0.4, -0.2) is 11.7 Å². The van der Waals surface area contributed by atoms with Gasteiger partial charge in [0.15, 0.2) is 0 Å². The molecule has 0 heterocycles. The topological polar surface area (TPSA) is 67.5 Å². The van der Waals surface area contributed by atoms with Crippen molar-refractivity contribution in [2.24, 2.45) is 10.8 Å². The fraction of sp³-hybridized carbons (Fsp3) is 0.455. The smallest absolute Gasteiger partial charge is 0.332 e. The molecule has 0 radical (unpaired) electrons. The van der Waals surface area contributed by atoms with Crippen molar-refractivity contribution in [2.75, 3.05) is 0 Å². The molecule has 84 valence electrons. The van der Waals surface area contributed by atoms with Gasteiger partial charge in [0, 0.05) is 5.71 Å². The number of carbonyl (C=O) groups is 1. The fourth-order valence-electron chi connectivity index (χ4n) is 0.855. The molecule has 0 rings (SSSR count). The number of rotatable bonds is 5. The van der Waals surface area contributed by atoms with E-state index in [2.05, 4.69) is 16.6 Å². The molecule has 0 fully saturated rings. The predicted octanol–water partition coefficient (Wildman–Crippen LogP) is 2.33. The van der Waals surface area contributed by atoms with Gasteiger partial charge >= 0.3 is 6.03 Å². The molecule has 0 aromatic carbocycles. The first-order valence-electron chi connectivity index (χ1n) is 4.91. The molecule has 0 unspecified atom stereocenters. The molecule has 0 aromatic rings. The molecule has 4 heteroatoms. The lowest BCUT2D eigenvalue weighted by molar-refractivity contribution is 0.249. The molecule has 0 saturated heterocycles. The van der Waals surface area contributed by atoms with Crippen molar-refractivity contribution in [1.82, 2.24) is 5.43 Å². The van der Waals surface area contributed by atoms with E-state index in [0.717, 1.165) is 18.6 Å². The summed E-state index contributed by atoms with van der Waals surface area (Å²) in [7, 11) is 0. The summed E-state index contributed by atoms with van der Waals surface area (Å²) in [5.41, 5.74) is 9.19. The van der Waals surface area contributed by atoms with Crippen LogP contribution in [0.15, 0.2) is 28.9 Å². The molecular weight excluding hydrogens is 190 g/mol. The SMILES string of the molecule is CC(C)=C/C=C/CC/C(C)=N/NC(N)=O. The molecule has 0 spiro atoms. The van der Waals surface area contributed by atoms with Crippen LogP contribution in [-0.2, 0) is 0 Å². The number of hydrazone groups is 1. The summed E-state index contributed by atoms with van der Waals surface area (Å²) in [6.07, 6.45) is 7.85. The van der Waals surface area contributed by atoms with Crippen molar-refractivity contribution < 1.29 is 4.79 Å². The molecule has 15 heavy (non-hydrogen) atoms. The minimum atomic E-state index is -0.630. The van der Waals surface area contributed by atoms with Gasteiger partial charge in [-0.3, -0.25) is 0 Å². The van der Waals surface area contributed by atoms with E-state index in [-0.39, 0.29) is 0 Å². The molecule has 0 aliphatic carbocycles. The highest BCUT2D eigenvalue weighted by Gasteiger charge is 1.91. The second kappa shape index (κ2) is 7.79. The van der Waals surface area contributed by atoms with Crippen LogP contribution in [0.1, 0.15) is 33.6 Å². The molecular formula is C11H19N3O. The second-order valence-electron chi connectivity index (χ2n) is 3.53. The zero-order valence-electron chi connectivity index (χ0n) is 9.58. The summed E-state index contributed by atoms with van der Waals surface area (Å²) in [5.74, 6) is 0. The van der Waals surface area contributed by atoms with E-state index in [1.54, 1.807) is 0 Å². The Bertz CT molecular complexity index is 286. The molecule has 0 bridgehead atoms. The van der Waals surface area contributed by atoms with Crippen LogP contribution in [0.3, 0.4) is 0 Å². The average molecular weight is 209 g/mol. The van der Waals surface area contributed by atoms with Gasteiger partial charge in [-0.15, -0.1) is 0 Å². The number of nitrogens with one attached hydrogen (secondary N) is 1. The first-order valence-corrected chi connectivity index (χ1v) is 4.91. The maximum Gasteiger partial charge on any atom is 0.332 e. The van der Waals surface area contributed by atoms with Crippen molar-refractivity contribution >= 4 is 11.7 Å². The number of hydrogen-bond donors (Lipinski definition) is 2. The third-order valence-electron chi connectivity index (χ3n) is 1.60. The molecule has 0 aliphatic rings. The van der Waals surface area contributed by atoms with Crippen molar-refractivity contribution in [3.05, 3.63) is 23.8 Å². The summed E-state index contributed by atoms with van der Waals surface area (Å²) in [4.78, 5) is 10.3. The number of amides is 2. The Hall–Kier alpha value is -1.58. The molecule has 0 aromatic heterocycles. The van der Waals surface area contributed by atoms with E-state index in [0.29, 0.717) is 0 Å². The Labute approximate surface area is 90.9 Å². The van der Waals surface area contributed by atoms with E-state index in [1.807, 2.05) is 32.9 Å². The van der Waals surface area contributed by atoms with Gasteiger partial charge in [0.1, 0.15) is 0 Å². The highest BCUT2D eigenvalue weighted by molar-refractivity contribution is 5.83. The number of allylic oxidation sites excluding steroid dienone is 4. The molecule has 0 atom stereocenters. The van der Waals surface area contributed by atoms with Crippen LogP contribution in [0.5, 0.6) is 0 Å². The third kappa shape index (κ3) is 10.3. The molecule has 0 saturated carbocycles. The Morgan fingerprint density at radius 2 is 2.07 bits per heavy atom. The summed E-state index contributed by atoms with van der Waals surface area (Å²) < 4.78 is 0. The highest BCUT2D eigenvalue weighted by atomic mass is 16.2. The molecule has 3 N–H and O–H groups in total. The van der Waals surface area contributed by atoms with Gasteiger partial charge < -0.3 is 5.73 Å². The minimum absolute atomic E-state index is 0.630. The maximum atomic E-state index is 10.3. The lowest BCUT2D eigenvalue weighted by Gasteiger charge is -1.97.